The van der Waals surface area contributed by atoms with E-state index in [0.29, 0.717) is 31.3 Å². The lowest BCUT2D eigenvalue weighted by atomic mass is 9.84. The van der Waals surface area contributed by atoms with Gasteiger partial charge in [-0.2, -0.15) is 0 Å². The van der Waals surface area contributed by atoms with Gasteiger partial charge in [0, 0.05) is 23.0 Å². The van der Waals surface area contributed by atoms with Crippen LogP contribution >= 0.6 is 15.9 Å². The minimum Gasteiger partial charge on any atom is -0.493 e. The van der Waals surface area contributed by atoms with Gasteiger partial charge >= 0.3 is 0 Å². The van der Waals surface area contributed by atoms with Gasteiger partial charge in [0.1, 0.15) is 5.75 Å². The summed E-state index contributed by atoms with van der Waals surface area (Å²) in [5.74, 6) is 0.979. The van der Waals surface area contributed by atoms with Gasteiger partial charge in [0.25, 0.3) is 5.91 Å². The number of hydrogen-bond acceptors (Lipinski definition) is 4. The monoisotopic (exact) mass is 337 g/mol. The summed E-state index contributed by atoms with van der Waals surface area (Å²) < 4.78 is 6.54. The van der Waals surface area contributed by atoms with Crippen molar-refractivity contribution in [3.05, 3.63) is 28.2 Å². The average Bonchev–Trinajstić information content (AvgIpc) is 2.66. The molecule has 2 aliphatic rings. The number of carbonyl (C=O) groups is 1. The molecule has 0 saturated heterocycles. The Kier molecular flexibility index (Phi) is 3.20. The van der Waals surface area contributed by atoms with E-state index in [9.17, 15) is 4.79 Å². The molecule has 0 aromatic heterocycles. The van der Waals surface area contributed by atoms with E-state index >= 15 is 0 Å². The molecule has 1 atom stereocenters. The number of halogens is 1. The summed E-state index contributed by atoms with van der Waals surface area (Å²) in [4.78, 5) is 18.9. The highest BCUT2D eigenvalue weighted by Gasteiger charge is 2.51. The molecule has 1 spiro atoms. The highest BCUT2D eigenvalue weighted by molar-refractivity contribution is 9.10. The molecule has 1 amide bonds. The molecule has 2 aliphatic heterocycles. The number of guanidine groups is 1. The fraction of sp³-hybridized carbons (Fsp3) is 0.429. The van der Waals surface area contributed by atoms with E-state index in [4.69, 9.17) is 10.5 Å². The first-order valence-corrected chi connectivity index (χ1v) is 7.48. The highest BCUT2D eigenvalue weighted by Crippen LogP contribution is 2.44. The van der Waals surface area contributed by atoms with E-state index < -0.39 is 5.54 Å². The largest absolute Gasteiger partial charge is 0.493 e. The van der Waals surface area contributed by atoms with Crippen LogP contribution in [0.15, 0.2) is 27.7 Å². The summed E-state index contributed by atoms with van der Waals surface area (Å²) in [6.07, 6.45) is 1.37. The smallest absolute Gasteiger partial charge is 0.262 e. The Bertz CT molecular complexity index is 602. The van der Waals surface area contributed by atoms with Crippen molar-refractivity contribution in [2.45, 2.75) is 25.3 Å². The molecule has 6 heteroatoms. The number of carbonyl (C=O) groups excluding carboxylic acids is 1. The minimum atomic E-state index is -0.906. The summed E-state index contributed by atoms with van der Waals surface area (Å²) in [5, 5.41) is 0. The summed E-state index contributed by atoms with van der Waals surface area (Å²) in [7, 11) is 0. The van der Waals surface area contributed by atoms with Gasteiger partial charge in [-0.25, -0.2) is 4.99 Å². The predicted molar refractivity (Wildman–Crippen MR) is 79.6 cm³/mol. The lowest BCUT2D eigenvalue weighted by molar-refractivity contribution is -0.132. The average molecular weight is 338 g/mol. The number of rotatable bonds is 2. The molecule has 1 aromatic carbocycles. The highest BCUT2D eigenvalue weighted by atomic mass is 79.9. The van der Waals surface area contributed by atoms with Gasteiger partial charge < -0.3 is 10.5 Å². The van der Waals surface area contributed by atoms with E-state index in [1.807, 2.05) is 25.1 Å². The van der Waals surface area contributed by atoms with Crippen LogP contribution in [-0.4, -0.2) is 29.9 Å². The van der Waals surface area contributed by atoms with Crippen LogP contribution in [0.25, 0.3) is 0 Å². The van der Waals surface area contributed by atoms with Crippen molar-refractivity contribution >= 4 is 27.8 Å². The molecule has 3 rings (SSSR count). The first-order valence-electron chi connectivity index (χ1n) is 6.68. The number of nitrogens with zero attached hydrogens (tertiary/aromatic N) is 2. The quantitative estimate of drug-likeness (QED) is 0.897. The Hall–Kier alpha value is -1.56. The summed E-state index contributed by atoms with van der Waals surface area (Å²) >= 11 is 3.44. The fourth-order valence-electron chi connectivity index (χ4n) is 2.80. The topological polar surface area (TPSA) is 67.9 Å². The van der Waals surface area contributed by atoms with Gasteiger partial charge in [-0.15, -0.1) is 0 Å². The second-order valence-corrected chi connectivity index (χ2v) is 5.94. The van der Waals surface area contributed by atoms with Crippen molar-refractivity contribution in [2.75, 3.05) is 13.2 Å². The maximum Gasteiger partial charge on any atom is 0.262 e. The van der Waals surface area contributed by atoms with Crippen LogP contribution in [-0.2, 0) is 10.3 Å². The van der Waals surface area contributed by atoms with Crippen molar-refractivity contribution in [1.29, 1.82) is 0 Å². The molecule has 5 nitrogen and oxygen atoms in total. The third kappa shape index (κ3) is 1.82. The van der Waals surface area contributed by atoms with Crippen LogP contribution < -0.4 is 10.5 Å². The van der Waals surface area contributed by atoms with E-state index in [1.165, 1.54) is 0 Å². The first-order chi connectivity index (χ1) is 9.58. The third-order valence-corrected chi connectivity index (χ3v) is 4.23. The number of amides is 1. The maximum absolute atomic E-state index is 12.8. The number of benzene rings is 1. The number of fused-ring (bicyclic) bond motifs is 2. The molecular formula is C14H16BrN3O2. The summed E-state index contributed by atoms with van der Waals surface area (Å²) in [5.41, 5.74) is 5.85. The van der Waals surface area contributed by atoms with E-state index in [-0.39, 0.29) is 5.91 Å². The molecule has 20 heavy (non-hydrogen) atoms. The van der Waals surface area contributed by atoms with E-state index in [0.717, 1.165) is 16.5 Å². The molecule has 2 heterocycles. The molecule has 0 bridgehead atoms. The Balaban J connectivity index is 2.12. The van der Waals surface area contributed by atoms with Crippen LogP contribution in [0.1, 0.15) is 25.3 Å². The molecule has 2 N–H and O–H groups in total. The van der Waals surface area contributed by atoms with Gasteiger partial charge in [0.05, 0.1) is 6.61 Å². The van der Waals surface area contributed by atoms with Gasteiger partial charge in [0.15, 0.2) is 11.5 Å². The van der Waals surface area contributed by atoms with E-state index in [2.05, 4.69) is 20.9 Å². The molecule has 0 radical (unpaired) electrons. The minimum absolute atomic E-state index is 0.0421. The van der Waals surface area contributed by atoms with Crippen molar-refractivity contribution in [2.24, 2.45) is 10.7 Å². The predicted octanol–water partition coefficient (Wildman–Crippen LogP) is 1.99. The van der Waals surface area contributed by atoms with Crippen LogP contribution in [0.2, 0.25) is 0 Å². The standard InChI is InChI=1S/C14H16BrN3O2/c1-2-6-18-12(19)14(17-13(18)16)5-7-20-11-4-3-9(15)8-10(11)14/h3-4,8H,2,5-7H2,1H3,(H2,16,17)/t14-/m0/s1. The zero-order valence-corrected chi connectivity index (χ0v) is 12.8. The summed E-state index contributed by atoms with van der Waals surface area (Å²) in [6, 6.07) is 5.66. The number of nitrogens with two attached hydrogens (primary N) is 1. The van der Waals surface area contributed by atoms with Crippen LogP contribution in [0.5, 0.6) is 5.75 Å². The maximum atomic E-state index is 12.8. The van der Waals surface area contributed by atoms with Crippen molar-refractivity contribution in [1.82, 2.24) is 4.90 Å². The van der Waals surface area contributed by atoms with Crippen molar-refractivity contribution < 1.29 is 9.53 Å². The zero-order valence-electron chi connectivity index (χ0n) is 11.2. The Labute approximate surface area is 125 Å². The normalized spacial score (nSPS) is 24.6. The molecule has 0 aliphatic carbocycles. The number of aliphatic imine (C=N–C) groups is 1. The Morgan fingerprint density at radius 1 is 1.55 bits per heavy atom. The van der Waals surface area contributed by atoms with Gasteiger partial charge in [-0.3, -0.25) is 9.69 Å². The molecule has 1 aromatic rings. The SMILES string of the molecule is CCCN1C(=O)[C@@]2(CCOc3ccc(Br)cc32)N=C1N. The number of ether oxygens (including phenoxy) is 1. The van der Waals surface area contributed by atoms with Gasteiger partial charge in [0.2, 0.25) is 0 Å². The molecular weight excluding hydrogens is 322 g/mol. The summed E-state index contributed by atoms with van der Waals surface area (Å²) in [6.45, 7) is 3.08. The second kappa shape index (κ2) is 4.77. The second-order valence-electron chi connectivity index (χ2n) is 5.03. The molecule has 106 valence electrons. The third-order valence-electron chi connectivity index (χ3n) is 3.74. The molecule has 0 unspecified atom stereocenters. The number of hydrogen-bond donors (Lipinski definition) is 1. The first kappa shape index (κ1) is 13.4. The lowest BCUT2D eigenvalue weighted by Gasteiger charge is -2.32. The van der Waals surface area contributed by atoms with Crippen LogP contribution in [0, 0.1) is 0 Å². The lowest BCUT2D eigenvalue weighted by Crippen LogP contribution is -2.45. The van der Waals surface area contributed by atoms with Crippen molar-refractivity contribution in [3.8, 4) is 5.75 Å². The van der Waals surface area contributed by atoms with Gasteiger partial charge in [-0.05, 0) is 24.6 Å². The fourth-order valence-corrected chi connectivity index (χ4v) is 3.16. The van der Waals surface area contributed by atoms with Crippen molar-refractivity contribution in [3.63, 3.8) is 0 Å². The zero-order chi connectivity index (χ0) is 14.3. The van der Waals surface area contributed by atoms with Crippen LogP contribution in [0.4, 0.5) is 0 Å². The van der Waals surface area contributed by atoms with Crippen LogP contribution in [0.3, 0.4) is 0 Å². The Morgan fingerprint density at radius 2 is 2.35 bits per heavy atom. The van der Waals surface area contributed by atoms with E-state index in [1.54, 1.807) is 4.90 Å². The van der Waals surface area contributed by atoms with Gasteiger partial charge in [-0.1, -0.05) is 22.9 Å². The Morgan fingerprint density at radius 3 is 3.10 bits per heavy atom. The molecule has 0 fully saturated rings. The molecule has 0 saturated carbocycles.